The summed E-state index contributed by atoms with van der Waals surface area (Å²) in [6, 6.07) is 7.16. The number of carbonyl (C=O) groups excluding carboxylic acids is 1. The minimum absolute atomic E-state index is 0.0558. The fraction of sp³-hybridized carbons (Fsp3) is 0.609. The van der Waals surface area contributed by atoms with E-state index in [1.165, 1.54) is 11.8 Å². The van der Waals surface area contributed by atoms with E-state index < -0.39 is 0 Å². The van der Waals surface area contributed by atoms with E-state index in [4.69, 9.17) is 21.1 Å². The third-order valence-corrected chi connectivity index (χ3v) is 7.23. The average molecular weight is 494 g/mol. The predicted octanol–water partition coefficient (Wildman–Crippen LogP) is 3.63. The molecule has 2 fully saturated rings. The highest BCUT2D eigenvalue weighted by Crippen LogP contribution is 2.28. The number of piperidine rings is 1. The van der Waals surface area contributed by atoms with Crippen molar-refractivity contribution in [1.29, 1.82) is 0 Å². The molecule has 1 atom stereocenters. The number of benzene rings is 1. The number of nitrogens with zero attached hydrogens (tertiary/aromatic N) is 4. The van der Waals surface area contributed by atoms with Gasteiger partial charge in [0.05, 0.1) is 24.9 Å². The molecule has 2 aromatic rings. The van der Waals surface area contributed by atoms with Gasteiger partial charge < -0.3 is 19.7 Å². The monoisotopic (exact) mass is 493 g/mol. The van der Waals surface area contributed by atoms with Gasteiger partial charge in [-0.25, -0.2) is 0 Å². The van der Waals surface area contributed by atoms with Crippen molar-refractivity contribution in [3.05, 3.63) is 29.3 Å². The Hall–Kier alpha value is -1.97. The van der Waals surface area contributed by atoms with Gasteiger partial charge in [-0.1, -0.05) is 30.3 Å². The maximum atomic E-state index is 12.4. The fourth-order valence-corrected chi connectivity index (χ4v) is 4.95. The fourth-order valence-electron chi connectivity index (χ4n) is 4.05. The van der Waals surface area contributed by atoms with Crippen LogP contribution in [0.1, 0.15) is 32.6 Å². The van der Waals surface area contributed by atoms with Gasteiger partial charge in [-0.3, -0.25) is 9.36 Å². The number of hydrogen-bond acceptors (Lipinski definition) is 7. The Morgan fingerprint density at radius 1 is 1.24 bits per heavy atom. The van der Waals surface area contributed by atoms with Crippen molar-refractivity contribution in [2.75, 3.05) is 43.5 Å². The van der Waals surface area contributed by atoms with Crippen molar-refractivity contribution >= 4 is 35.2 Å². The largest absolute Gasteiger partial charge is 0.492 e. The van der Waals surface area contributed by atoms with Crippen LogP contribution in [-0.4, -0.2) is 65.4 Å². The lowest BCUT2D eigenvalue weighted by Crippen LogP contribution is -2.35. The highest BCUT2D eigenvalue weighted by atomic mass is 35.5. The summed E-state index contributed by atoms with van der Waals surface area (Å²) < 4.78 is 13.6. The van der Waals surface area contributed by atoms with E-state index in [2.05, 4.69) is 31.9 Å². The smallest absolute Gasteiger partial charge is 0.230 e. The summed E-state index contributed by atoms with van der Waals surface area (Å²) in [5.74, 6) is 2.60. The zero-order chi connectivity index (χ0) is 23.0. The van der Waals surface area contributed by atoms with Crippen molar-refractivity contribution < 1.29 is 14.3 Å². The number of ether oxygens (including phenoxy) is 2. The molecule has 4 rings (SSSR count). The van der Waals surface area contributed by atoms with Crippen molar-refractivity contribution in [3.8, 4) is 5.75 Å². The highest BCUT2D eigenvalue weighted by molar-refractivity contribution is 7.99. The molecule has 33 heavy (non-hydrogen) atoms. The first-order valence-corrected chi connectivity index (χ1v) is 13.0. The van der Waals surface area contributed by atoms with E-state index in [1.54, 1.807) is 12.1 Å². The number of anilines is 1. The standard InChI is InChI=1S/C23H32ClN5O3S/c1-17-8-11-28(12-9-17)22-26-27-23(29(22)15-20-3-2-13-31-20)33-16-21(30)25-10-14-32-19-6-4-18(24)5-7-19/h4-7,17,20H,2-3,8-16H2,1H3,(H,25,30). The summed E-state index contributed by atoms with van der Waals surface area (Å²) in [5.41, 5.74) is 0. The van der Waals surface area contributed by atoms with E-state index in [0.29, 0.717) is 18.2 Å². The average Bonchev–Trinajstić information content (AvgIpc) is 3.48. The van der Waals surface area contributed by atoms with Crippen LogP contribution in [0.5, 0.6) is 5.75 Å². The quantitative estimate of drug-likeness (QED) is 0.399. The van der Waals surface area contributed by atoms with Gasteiger partial charge in [-0.05, 0) is 55.9 Å². The van der Waals surface area contributed by atoms with Gasteiger partial charge in [0.15, 0.2) is 5.16 Å². The van der Waals surface area contributed by atoms with Crippen LogP contribution in [0.4, 0.5) is 5.95 Å². The SMILES string of the molecule is CC1CCN(c2nnc(SCC(=O)NCCOc3ccc(Cl)cc3)n2CC2CCCO2)CC1. The molecule has 8 nitrogen and oxygen atoms in total. The molecule has 0 aliphatic carbocycles. The molecule has 2 aliphatic rings. The summed E-state index contributed by atoms with van der Waals surface area (Å²) in [4.78, 5) is 14.7. The van der Waals surface area contributed by atoms with Crippen LogP contribution < -0.4 is 15.0 Å². The Morgan fingerprint density at radius 2 is 2.03 bits per heavy atom. The molecule has 0 spiro atoms. The van der Waals surface area contributed by atoms with Crippen LogP contribution in [-0.2, 0) is 16.1 Å². The molecular weight excluding hydrogens is 462 g/mol. The second kappa shape index (κ2) is 11.9. The van der Waals surface area contributed by atoms with E-state index in [-0.39, 0.29) is 17.8 Å². The maximum absolute atomic E-state index is 12.4. The first-order valence-electron chi connectivity index (χ1n) is 11.7. The number of amides is 1. The Bertz CT molecular complexity index is 896. The lowest BCUT2D eigenvalue weighted by atomic mass is 10.00. The van der Waals surface area contributed by atoms with Gasteiger partial charge in [-0.2, -0.15) is 0 Å². The molecular formula is C23H32ClN5O3S. The lowest BCUT2D eigenvalue weighted by Gasteiger charge is -2.31. The molecule has 0 radical (unpaired) electrons. The van der Waals surface area contributed by atoms with E-state index >= 15 is 0 Å². The molecule has 1 N–H and O–H groups in total. The van der Waals surface area contributed by atoms with Gasteiger partial charge in [0, 0.05) is 24.7 Å². The summed E-state index contributed by atoms with van der Waals surface area (Å²) in [5, 5.41) is 13.3. The Labute approximate surface area is 204 Å². The number of aromatic nitrogens is 3. The third kappa shape index (κ3) is 7.01. The topological polar surface area (TPSA) is 81.5 Å². The molecule has 180 valence electrons. The molecule has 1 aromatic heterocycles. The van der Waals surface area contributed by atoms with Crippen LogP contribution in [0.2, 0.25) is 5.02 Å². The van der Waals surface area contributed by atoms with Crippen LogP contribution >= 0.6 is 23.4 Å². The molecule has 0 saturated carbocycles. The first-order chi connectivity index (χ1) is 16.1. The second-order valence-corrected chi connectivity index (χ2v) is 10.0. The normalized spacial score (nSPS) is 19.1. The summed E-state index contributed by atoms with van der Waals surface area (Å²) in [6.45, 7) is 6.65. The number of rotatable bonds is 10. The molecule has 3 heterocycles. The Morgan fingerprint density at radius 3 is 2.76 bits per heavy atom. The van der Waals surface area contributed by atoms with Crippen molar-refractivity contribution in [3.63, 3.8) is 0 Å². The predicted molar refractivity (Wildman–Crippen MR) is 130 cm³/mol. The van der Waals surface area contributed by atoms with Crippen LogP contribution in [0, 0.1) is 5.92 Å². The van der Waals surface area contributed by atoms with E-state index in [0.717, 1.165) is 74.7 Å². The van der Waals surface area contributed by atoms with Crippen LogP contribution in [0.3, 0.4) is 0 Å². The van der Waals surface area contributed by atoms with Gasteiger partial charge in [-0.15, -0.1) is 10.2 Å². The Balaban J connectivity index is 1.28. The van der Waals surface area contributed by atoms with E-state index in [9.17, 15) is 4.79 Å². The number of thioether (sulfide) groups is 1. The zero-order valence-electron chi connectivity index (χ0n) is 19.0. The minimum atomic E-state index is -0.0558. The number of carbonyl (C=O) groups is 1. The molecule has 10 heteroatoms. The molecule has 1 aromatic carbocycles. The van der Waals surface area contributed by atoms with Crippen molar-refractivity contribution in [1.82, 2.24) is 20.1 Å². The zero-order valence-corrected chi connectivity index (χ0v) is 20.6. The second-order valence-electron chi connectivity index (χ2n) is 8.64. The van der Waals surface area contributed by atoms with Crippen LogP contribution in [0.15, 0.2) is 29.4 Å². The number of hydrogen-bond donors (Lipinski definition) is 1. The Kier molecular flexibility index (Phi) is 8.75. The lowest BCUT2D eigenvalue weighted by molar-refractivity contribution is -0.118. The third-order valence-electron chi connectivity index (χ3n) is 6.01. The molecule has 1 amide bonds. The molecule has 0 bridgehead atoms. The summed E-state index contributed by atoms with van der Waals surface area (Å²) in [7, 11) is 0. The van der Waals surface area contributed by atoms with Gasteiger partial charge in [0.2, 0.25) is 11.9 Å². The number of halogens is 1. The maximum Gasteiger partial charge on any atom is 0.230 e. The summed E-state index contributed by atoms with van der Waals surface area (Å²) in [6.07, 6.45) is 4.65. The van der Waals surface area contributed by atoms with Gasteiger partial charge in [0.25, 0.3) is 0 Å². The number of nitrogens with one attached hydrogen (secondary N) is 1. The summed E-state index contributed by atoms with van der Waals surface area (Å²) >= 11 is 7.29. The van der Waals surface area contributed by atoms with Crippen molar-refractivity contribution in [2.45, 2.75) is 50.4 Å². The molecule has 2 aliphatic heterocycles. The highest BCUT2D eigenvalue weighted by Gasteiger charge is 2.26. The molecule has 1 unspecified atom stereocenters. The van der Waals surface area contributed by atoms with Gasteiger partial charge in [0.1, 0.15) is 12.4 Å². The van der Waals surface area contributed by atoms with Crippen LogP contribution in [0.25, 0.3) is 0 Å². The van der Waals surface area contributed by atoms with Gasteiger partial charge >= 0.3 is 0 Å². The molecule has 2 saturated heterocycles. The minimum Gasteiger partial charge on any atom is -0.492 e. The van der Waals surface area contributed by atoms with E-state index in [1.807, 2.05) is 12.1 Å². The first kappa shape index (κ1) is 24.2. The van der Waals surface area contributed by atoms with Crippen molar-refractivity contribution in [2.24, 2.45) is 5.92 Å².